The molecule has 8 nitrogen and oxygen atoms in total. The van der Waals surface area contributed by atoms with Gasteiger partial charge >= 0.3 is 6.09 Å². The predicted octanol–water partition coefficient (Wildman–Crippen LogP) is 5.69. The highest BCUT2D eigenvalue weighted by Gasteiger charge is 2.28. The van der Waals surface area contributed by atoms with Gasteiger partial charge in [0.15, 0.2) is 5.75 Å². The first kappa shape index (κ1) is 27.5. The molecule has 2 amide bonds. The van der Waals surface area contributed by atoms with Crippen LogP contribution < -0.4 is 10.1 Å². The van der Waals surface area contributed by atoms with Crippen molar-refractivity contribution in [2.45, 2.75) is 45.4 Å². The fourth-order valence-corrected chi connectivity index (χ4v) is 5.82. The molecule has 5 rings (SSSR count). The number of halogens is 1. The molecule has 2 saturated heterocycles. The smallest absolute Gasteiger partial charge is 0.408 e. The van der Waals surface area contributed by atoms with Crippen molar-refractivity contribution < 1.29 is 14.3 Å². The molecule has 2 N–H and O–H groups in total. The van der Waals surface area contributed by atoms with Crippen LogP contribution in [-0.2, 0) is 0 Å². The number of aromatic nitrogens is 2. The van der Waals surface area contributed by atoms with E-state index in [-0.39, 0.29) is 11.8 Å². The lowest BCUT2D eigenvalue weighted by Crippen LogP contribution is -2.44. The maximum Gasteiger partial charge on any atom is 0.412 e. The Labute approximate surface area is 235 Å². The van der Waals surface area contributed by atoms with E-state index in [1.54, 1.807) is 18.2 Å². The molecule has 0 spiro atoms. The molecule has 0 bridgehead atoms. The Bertz CT molecular complexity index is 1290. The number of H-pyrrole nitrogens is 1. The van der Waals surface area contributed by atoms with Gasteiger partial charge in [-0.3, -0.25) is 4.79 Å². The third-order valence-corrected chi connectivity index (χ3v) is 8.34. The molecule has 2 fully saturated rings. The third-order valence-electron chi connectivity index (χ3n) is 8.01. The molecule has 0 atom stereocenters. The molecule has 2 aromatic carbocycles. The van der Waals surface area contributed by atoms with Crippen LogP contribution in [0, 0.1) is 11.8 Å². The summed E-state index contributed by atoms with van der Waals surface area (Å²) < 4.78 is 5.62. The number of carbonyl (C=O) groups is 2. The fraction of sp³-hybridized carbons (Fsp3) is 0.500. The molecule has 3 heterocycles. The molecule has 0 radical (unpaired) electrons. The van der Waals surface area contributed by atoms with E-state index in [1.807, 2.05) is 29.2 Å². The van der Waals surface area contributed by atoms with Crippen LogP contribution in [0.2, 0.25) is 5.02 Å². The topological polar surface area (TPSA) is 90.6 Å². The van der Waals surface area contributed by atoms with Gasteiger partial charge in [0.2, 0.25) is 0 Å². The number of hydrogen-bond donors (Lipinski definition) is 2. The number of ether oxygens (including phenoxy) is 1. The lowest BCUT2D eigenvalue weighted by Gasteiger charge is -2.37. The maximum absolute atomic E-state index is 12.8. The van der Waals surface area contributed by atoms with Gasteiger partial charge in [0.25, 0.3) is 5.91 Å². The number of hydrogen-bond acceptors (Lipinski definition) is 5. The molecule has 3 aromatic rings. The minimum absolute atomic E-state index is 0.0345. The quantitative estimate of drug-likeness (QED) is 0.393. The summed E-state index contributed by atoms with van der Waals surface area (Å²) in [5, 5.41) is 3.48. The van der Waals surface area contributed by atoms with E-state index in [0.717, 1.165) is 69.7 Å². The van der Waals surface area contributed by atoms with E-state index in [2.05, 4.69) is 34.0 Å². The minimum Gasteiger partial charge on any atom is -0.408 e. The van der Waals surface area contributed by atoms with Gasteiger partial charge in [0.1, 0.15) is 11.3 Å². The Balaban J connectivity index is 1.02. The van der Waals surface area contributed by atoms with Gasteiger partial charge in [-0.25, -0.2) is 9.78 Å². The monoisotopic (exact) mass is 551 g/mol. The lowest BCUT2D eigenvalue weighted by molar-refractivity contribution is 0.0652. The highest BCUT2D eigenvalue weighted by atomic mass is 35.5. The van der Waals surface area contributed by atoms with E-state index in [1.165, 1.54) is 0 Å². The summed E-state index contributed by atoms with van der Waals surface area (Å²) in [6, 6.07) is 12.9. The molecule has 0 aliphatic carbocycles. The fourth-order valence-electron chi connectivity index (χ4n) is 5.61. The van der Waals surface area contributed by atoms with Crippen molar-refractivity contribution in [1.29, 1.82) is 0 Å². The number of imidazole rings is 1. The summed E-state index contributed by atoms with van der Waals surface area (Å²) in [7, 11) is 0. The van der Waals surface area contributed by atoms with Gasteiger partial charge in [-0.2, -0.15) is 0 Å². The minimum atomic E-state index is -0.433. The van der Waals surface area contributed by atoms with E-state index < -0.39 is 6.09 Å². The van der Waals surface area contributed by atoms with Gasteiger partial charge in [-0.1, -0.05) is 43.6 Å². The van der Waals surface area contributed by atoms with Crippen LogP contribution in [0.5, 0.6) is 5.75 Å². The Kier molecular flexibility index (Phi) is 8.72. The number of nitrogens with zero attached hydrogens (tertiary/aromatic N) is 3. The van der Waals surface area contributed by atoms with Crippen molar-refractivity contribution >= 4 is 34.6 Å². The van der Waals surface area contributed by atoms with E-state index >= 15 is 0 Å². The van der Waals surface area contributed by atoms with Crippen LogP contribution in [0.3, 0.4) is 0 Å². The zero-order chi connectivity index (χ0) is 27.4. The number of likely N-dealkylation sites (tertiary alicyclic amines) is 2. The first-order valence-corrected chi connectivity index (χ1v) is 14.5. The number of fused-ring (bicyclic) bond motifs is 1. The average molecular weight is 552 g/mol. The summed E-state index contributed by atoms with van der Waals surface area (Å²) in [5.74, 6) is 2.70. The average Bonchev–Trinajstić information content (AvgIpc) is 3.39. The second kappa shape index (κ2) is 12.4. The number of para-hydroxylation sites is 1. The summed E-state index contributed by atoms with van der Waals surface area (Å²) >= 11 is 6.23. The van der Waals surface area contributed by atoms with E-state index in [4.69, 9.17) is 16.3 Å². The van der Waals surface area contributed by atoms with Gasteiger partial charge < -0.3 is 24.8 Å². The molecule has 1 aromatic heterocycles. The van der Waals surface area contributed by atoms with Crippen molar-refractivity contribution in [3.8, 4) is 5.75 Å². The van der Waals surface area contributed by atoms with Gasteiger partial charge in [0, 0.05) is 32.1 Å². The highest BCUT2D eigenvalue weighted by Crippen LogP contribution is 2.27. The van der Waals surface area contributed by atoms with Crippen molar-refractivity contribution in [1.82, 2.24) is 25.1 Å². The van der Waals surface area contributed by atoms with Crippen molar-refractivity contribution in [3.05, 3.63) is 58.9 Å². The Morgan fingerprint density at radius 1 is 1.03 bits per heavy atom. The van der Waals surface area contributed by atoms with E-state index in [0.29, 0.717) is 40.2 Å². The Hall–Kier alpha value is -3.10. The Morgan fingerprint density at radius 3 is 2.46 bits per heavy atom. The molecule has 2 aliphatic rings. The SMILES string of the molecule is CC(C)c1nc2c(OC(=O)NCC3CCN(CC4CCN(C(=O)c5ccccc5Cl)CC4)CC3)cccc2[nH]1. The third kappa shape index (κ3) is 6.73. The number of benzene rings is 2. The molecule has 0 saturated carbocycles. The van der Waals surface area contributed by atoms with Crippen LogP contribution in [0.25, 0.3) is 11.0 Å². The van der Waals surface area contributed by atoms with Gasteiger partial charge in [0.05, 0.1) is 16.1 Å². The molecule has 0 unspecified atom stereocenters. The van der Waals surface area contributed by atoms with Crippen molar-refractivity contribution in [2.75, 3.05) is 39.3 Å². The van der Waals surface area contributed by atoms with Crippen molar-refractivity contribution in [2.24, 2.45) is 11.8 Å². The largest absolute Gasteiger partial charge is 0.412 e. The predicted molar refractivity (Wildman–Crippen MR) is 153 cm³/mol. The number of rotatable bonds is 7. The van der Waals surface area contributed by atoms with Crippen molar-refractivity contribution in [3.63, 3.8) is 0 Å². The van der Waals surface area contributed by atoms with Gasteiger partial charge in [-0.15, -0.1) is 0 Å². The zero-order valence-corrected chi connectivity index (χ0v) is 23.5. The van der Waals surface area contributed by atoms with Crippen LogP contribution >= 0.6 is 11.6 Å². The first-order valence-electron chi connectivity index (χ1n) is 14.1. The zero-order valence-electron chi connectivity index (χ0n) is 22.8. The molecule has 9 heteroatoms. The lowest BCUT2D eigenvalue weighted by atomic mass is 9.92. The van der Waals surface area contributed by atoms with Crippen LogP contribution in [0.1, 0.15) is 61.6 Å². The second-order valence-electron chi connectivity index (χ2n) is 11.2. The summed E-state index contributed by atoms with van der Waals surface area (Å²) in [4.78, 5) is 37.7. The summed E-state index contributed by atoms with van der Waals surface area (Å²) in [6.07, 6.45) is 3.71. The molecular formula is C30H38ClN5O3. The van der Waals surface area contributed by atoms with Crippen LogP contribution in [-0.4, -0.2) is 71.0 Å². The molecule has 208 valence electrons. The molecule has 39 heavy (non-hydrogen) atoms. The highest BCUT2D eigenvalue weighted by molar-refractivity contribution is 6.33. The van der Waals surface area contributed by atoms with Gasteiger partial charge in [-0.05, 0) is 74.9 Å². The molecule has 2 aliphatic heterocycles. The Morgan fingerprint density at radius 2 is 1.74 bits per heavy atom. The normalized spacial score (nSPS) is 17.6. The van der Waals surface area contributed by atoms with E-state index in [9.17, 15) is 9.59 Å². The van der Waals surface area contributed by atoms with Crippen LogP contribution in [0.4, 0.5) is 4.79 Å². The number of carbonyl (C=O) groups excluding carboxylic acids is 2. The standard InChI is InChI=1S/C30H38ClN5O3/c1-20(2)28-33-25-8-5-9-26(27(25)34-28)39-30(38)32-18-21-10-14-35(15-11-21)19-22-12-16-36(17-13-22)29(37)23-6-3-4-7-24(23)31/h3-9,20-22H,10-19H2,1-2H3,(H,32,38)(H,33,34). The summed E-state index contributed by atoms with van der Waals surface area (Å²) in [6.45, 7) is 9.46. The number of aromatic amines is 1. The summed E-state index contributed by atoms with van der Waals surface area (Å²) in [5.41, 5.74) is 2.15. The second-order valence-corrected chi connectivity index (χ2v) is 11.6. The molecular weight excluding hydrogens is 514 g/mol. The number of piperidine rings is 2. The first-order chi connectivity index (χ1) is 18.9. The number of nitrogens with one attached hydrogen (secondary N) is 2. The maximum atomic E-state index is 12.8. The van der Waals surface area contributed by atoms with Crippen LogP contribution in [0.15, 0.2) is 42.5 Å². The number of amides is 2.